The number of nitrogens with one attached hydrogen (secondary N) is 1. The molecule has 1 aromatic heterocycles. The van der Waals surface area contributed by atoms with Crippen LogP contribution in [0.5, 0.6) is 0 Å². The molecular weight excluding hydrogens is 367 g/mol. The lowest BCUT2D eigenvalue weighted by Crippen LogP contribution is -2.26. The van der Waals surface area contributed by atoms with E-state index in [4.69, 9.17) is 5.73 Å². The summed E-state index contributed by atoms with van der Waals surface area (Å²) in [6.45, 7) is 0.261. The van der Waals surface area contributed by atoms with Gasteiger partial charge < -0.3 is 5.73 Å². The van der Waals surface area contributed by atoms with Gasteiger partial charge in [-0.3, -0.25) is 0 Å². The number of hydrogen-bond donors (Lipinski definition) is 2. The van der Waals surface area contributed by atoms with Gasteiger partial charge in [-0.15, -0.1) is 11.3 Å². The molecule has 0 bridgehead atoms. The van der Waals surface area contributed by atoms with Crippen molar-refractivity contribution < 1.29 is 12.8 Å². The number of hydrogen-bond acceptors (Lipinski definition) is 4. The normalized spacial score (nSPS) is 11.7. The Morgan fingerprint density at radius 3 is 2.80 bits per heavy atom. The Balaban J connectivity index is 2.12. The number of benzene rings is 1. The smallest absolute Gasteiger partial charge is 0.242 e. The van der Waals surface area contributed by atoms with Crippen molar-refractivity contribution in [2.75, 3.05) is 12.3 Å². The van der Waals surface area contributed by atoms with Crippen LogP contribution in [-0.2, 0) is 16.4 Å². The van der Waals surface area contributed by atoms with Crippen LogP contribution in [0.1, 0.15) is 4.88 Å². The predicted octanol–water partition coefficient (Wildman–Crippen LogP) is 2.75. The highest BCUT2D eigenvalue weighted by atomic mass is 79.9. The molecule has 0 fully saturated rings. The van der Waals surface area contributed by atoms with Crippen molar-refractivity contribution in [2.45, 2.75) is 11.3 Å². The zero-order chi connectivity index (χ0) is 14.8. The van der Waals surface area contributed by atoms with E-state index in [0.717, 1.165) is 17.0 Å². The van der Waals surface area contributed by atoms with E-state index in [1.165, 1.54) is 0 Å². The molecule has 3 N–H and O–H groups in total. The third-order valence-electron chi connectivity index (χ3n) is 2.59. The number of rotatable bonds is 5. The van der Waals surface area contributed by atoms with Crippen molar-refractivity contribution in [1.29, 1.82) is 0 Å². The van der Waals surface area contributed by atoms with Crippen LogP contribution in [0.15, 0.2) is 39.0 Å². The van der Waals surface area contributed by atoms with Crippen LogP contribution in [-0.4, -0.2) is 15.0 Å². The van der Waals surface area contributed by atoms with Crippen LogP contribution in [0.2, 0.25) is 0 Å². The largest absolute Gasteiger partial charge is 0.398 e. The second-order valence-corrected chi connectivity index (χ2v) is 7.65. The molecule has 20 heavy (non-hydrogen) atoms. The van der Waals surface area contributed by atoms with Gasteiger partial charge in [0.25, 0.3) is 0 Å². The third kappa shape index (κ3) is 3.57. The maximum absolute atomic E-state index is 13.2. The predicted molar refractivity (Wildman–Crippen MR) is 81.7 cm³/mol. The summed E-state index contributed by atoms with van der Waals surface area (Å²) in [6, 6.07) is 5.99. The maximum Gasteiger partial charge on any atom is 0.242 e. The monoisotopic (exact) mass is 378 g/mol. The molecule has 0 aliphatic heterocycles. The molecule has 0 unspecified atom stereocenters. The number of nitrogens with two attached hydrogens (primary N) is 1. The Morgan fingerprint density at radius 1 is 1.40 bits per heavy atom. The Labute approximate surface area is 129 Å². The minimum Gasteiger partial charge on any atom is -0.398 e. The number of nitrogen functional groups attached to an aromatic ring is 1. The van der Waals surface area contributed by atoms with Crippen LogP contribution in [0.25, 0.3) is 0 Å². The van der Waals surface area contributed by atoms with Crippen molar-refractivity contribution in [2.24, 2.45) is 0 Å². The van der Waals surface area contributed by atoms with Gasteiger partial charge in [0, 0.05) is 11.4 Å². The summed E-state index contributed by atoms with van der Waals surface area (Å²) in [5.41, 5.74) is 5.45. The van der Waals surface area contributed by atoms with E-state index in [2.05, 4.69) is 20.7 Å². The molecule has 0 amide bonds. The molecule has 108 valence electrons. The fourth-order valence-corrected chi connectivity index (χ4v) is 3.99. The van der Waals surface area contributed by atoms with Crippen molar-refractivity contribution >= 4 is 43.0 Å². The van der Waals surface area contributed by atoms with Gasteiger partial charge in [-0.1, -0.05) is 6.07 Å². The van der Waals surface area contributed by atoms with Crippen LogP contribution in [0.3, 0.4) is 0 Å². The van der Waals surface area contributed by atoms with Crippen LogP contribution in [0, 0.1) is 5.82 Å². The standard InChI is InChI=1S/C12H12BrFN2O2S2/c13-9-6-12(11(15)7-10(9)14)20(17,18)16-4-3-8-2-1-5-19-8/h1-2,5-7,16H,3-4,15H2. The van der Waals surface area contributed by atoms with Gasteiger partial charge in [0.1, 0.15) is 10.7 Å². The van der Waals surface area contributed by atoms with Gasteiger partial charge >= 0.3 is 0 Å². The highest BCUT2D eigenvalue weighted by Gasteiger charge is 2.19. The molecule has 8 heteroatoms. The molecule has 0 spiro atoms. The fourth-order valence-electron chi connectivity index (χ4n) is 1.62. The third-order valence-corrected chi connectivity index (χ3v) is 5.65. The number of sulfonamides is 1. The Morgan fingerprint density at radius 2 is 2.15 bits per heavy atom. The zero-order valence-electron chi connectivity index (χ0n) is 10.3. The van der Waals surface area contributed by atoms with Crippen LogP contribution < -0.4 is 10.5 Å². The van der Waals surface area contributed by atoms with E-state index in [0.29, 0.717) is 6.42 Å². The lowest BCUT2D eigenvalue weighted by molar-refractivity contribution is 0.581. The van der Waals surface area contributed by atoms with Gasteiger partial charge in [-0.05, 0) is 45.9 Å². The number of thiophene rings is 1. The molecule has 0 aliphatic carbocycles. The summed E-state index contributed by atoms with van der Waals surface area (Å²) in [6.07, 6.45) is 0.596. The van der Waals surface area contributed by atoms with E-state index in [-0.39, 0.29) is 21.6 Å². The summed E-state index contributed by atoms with van der Waals surface area (Å²) >= 11 is 4.51. The molecule has 0 radical (unpaired) electrons. The maximum atomic E-state index is 13.2. The lowest BCUT2D eigenvalue weighted by atomic mass is 10.3. The number of anilines is 1. The molecule has 0 saturated carbocycles. The second kappa shape index (κ2) is 6.21. The zero-order valence-corrected chi connectivity index (χ0v) is 13.5. The summed E-state index contributed by atoms with van der Waals surface area (Å²) in [4.78, 5) is 0.956. The summed E-state index contributed by atoms with van der Waals surface area (Å²) in [5.74, 6) is -0.597. The Hall–Kier alpha value is -0.960. The van der Waals surface area contributed by atoms with Gasteiger partial charge in [-0.25, -0.2) is 17.5 Å². The average molecular weight is 379 g/mol. The minimum atomic E-state index is -3.75. The lowest BCUT2D eigenvalue weighted by Gasteiger charge is -2.09. The minimum absolute atomic E-state index is 0.0605. The first-order valence-corrected chi connectivity index (χ1v) is 8.82. The molecule has 2 rings (SSSR count). The molecule has 4 nitrogen and oxygen atoms in total. The molecule has 1 aromatic carbocycles. The van der Waals surface area contributed by atoms with E-state index in [1.807, 2.05) is 17.5 Å². The highest BCUT2D eigenvalue weighted by molar-refractivity contribution is 9.10. The molecule has 0 saturated heterocycles. The van der Waals surface area contributed by atoms with E-state index in [1.54, 1.807) is 11.3 Å². The summed E-state index contributed by atoms with van der Waals surface area (Å²) in [5, 5.41) is 1.93. The SMILES string of the molecule is Nc1cc(F)c(Br)cc1S(=O)(=O)NCCc1cccs1. The van der Waals surface area contributed by atoms with Crippen molar-refractivity contribution in [1.82, 2.24) is 4.72 Å². The fraction of sp³-hybridized carbons (Fsp3) is 0.167. The first-order chi connectivity index (χ1) is 9.40. The first-order valence-electron chi connectivity index (χ1n) is 5.67. The highest BCUT2D eigenvalue weighted by Crippen LogP contribution is 2.26. The molecular formula is C12H12BrFN2O2S2. The van der Waals surface area contributed by atoms with Crippen LogP contribution >= 0.6 is 27.3 Å². The summed E-state index contributed by atoms with van der Waals surface area (Å²) < 4.78 is 40.0. The molecule has 0 aliphatic rings. The second-order valence-electron chi connectivity index (χ2n) is 4.03. The topological polar surface area (TPSA) is 72.2 Å². The molecule has 1 heterocycles. The molecule has 0 atom stereocenters. The van der Waals surface area contributed by atoms with Crippen molar-refractivity contribution in [3.8, 4) is 0 Å². The Bertz CT molecular complexity index is 702. The van der Waals surface area contributed by atoms with E-state index in [9.17, 15) is 12.8 Å². The number of halogens is 2. The average Bonchev–Trinajstić information content (AvgIpc) is 2.86. The first kappa shape index (κ1) is 15.4. The van der Waals surface area contributed by atoms with E-state index < -0.39 is 15.8 Å². The van der Waals surface area contributed by atoms with Gasteiger partial charge in [0.05, 0.1) is 10.2 Å². The van der Waals surface area contributed by atoms with Crippen molar-refractivity contribution in [3.63, 3.8) is 0 Å². The van der Waals surface area contributed by atoms with E-state index >= 15 is 0 Å². The Kier molecular flexibility index (Phi) is 4.79. The molecule has 2 aromatic rings. The van der Waals surface area contributed by atoms with Crippen molar-refractivity contribution in [3.05, 3.63) is 44.8 Å². The van der Waals surface area contributed by atoms with Crippen LogP contribution in [0.4, 0.5) is 10.1 Å². The quantitative estimate of drug-likeness (QED) is 0.785. The van der Waals surface area contributed by atoms with Gasteiger partial charge in [-0.2, -0.15) is 0 Å². The summed E-state index contributed by atoms with van der Waals surface area (Å²) in [7, 11) is -3.75. The van der Waals surface area contributed by atoms with Gasteiger partial charge in [0.15, 0.2) is 0 Å². The van der Waals surface area contributed by atoms with Gasteiger partial charge in [0.2, 0.25) is 10.0 Å².